The second-order valence-electron chi connectivity index (χ2n) is 6.05. The monoisotopic (exact) mass is 414 g/mol. The average molecular weight is 414 g/mol. The van der Waals surface area contributed by atoms with Gasteiger partial charge in [0.05, 0.1) is 38.1 Å². The van der Waals surface area contributed by atoms with E-state index >= 15 is 0 Å². The van der Waals surface area contributed by atoms with Gasteiger partial charge in [0.2, 0.25) is 0 Å². The summed E-state index contributed by atoms with van der Waals surface area (Å²) >= 11 is 0. The Balaban J connectivity index is 2.02. The highest BCUT2D eigenvalue weighted by atomic mass is 16.5. The lowest BCUT2D eigenvalue weighted by molar-refractivity contribution is -0.136. The lowest BCUT2D eigenvalue weighted by Crippen LogP contribution is -2.36. The van der Waals surface area contributed by atoms with Crippen molar-refractivity contribution in [2.24, 2.45) is 0 Å². The summed E-state index contributed by atoms with van der Waals surface area (Å²) in [4.78, 5) is 48.0. The van der Waals surface area contributed by atoms with Crippen molar-refractivity contribution in [3.05, 3.63) is 59.2 Å². The molecule has 0 heterocycles. The van der Waals surface area contributed by atoms with Crippen LogP contribution in [0.3, 0.4) is 0 Å². The number of methoxy groups -OCH3 is 3. The number of hydrogen-bond donors (Lipinski definition) is 2. The van der Waals surface area contributed by atoms with Gasteiger partial charge in [-0.15, -0.1) is 0 Å². The Morgan fingerprint density at radius 2 is 1.50 bits per heavy atom. The smallest absolute Gasteiger partial charge is 0.339 e. The average Bonchev–Trinajstić information content (AvgIpc) is 2.78. The second kappa shape index (κ2) is 10.6. The number of benzene rings is 2. The molecule has 158 valence electrons. The number of hydrogen-bond acceptors (Lipinski definition) is 7. The first-order chi connectivity index (χ1) is 14.4. The molecule has 2 aromatic rings. The van der Waals surface area contributed by atoms with Crippen LogP contribution in [0.1, 0.15) is 26.3 Å². The van der Waals surface area contributed by atoms with E-state index in [0.29, 0.717) is 6.42 Å². The zero-order valence-corrected chi connectivity index (χ0v) is 16.8. The number of carbonyl (C=O) groups excluding carboxylic acids is 4. The molecule has 2 rings (SSSR count). The summed E-state index contributed by atoms with van der Waals surface area (Å²) in [5.74, 6) is -2.55. The van der Waals surface area contributed by atoms with Gasteiger partial charge >= 0.3 is 23.8 Å². The van der Waals surface area contributed by atoms with Gasteiger partial charge < -0.3 is 24.8 Å². The van der Waals surface area contributed by atoms with Crippen molar-refractivity contribution in [1.29, 1.82) is 0 Å². The molecule has 0 spiro atoms. The predicted molar refractivity (Wildman–Crippen MR) is 107 cm³/mol. The molecular formula is C21H22N2O7. The molecule has 2 N–H and O–H groups in total. The fraction of sp³-hybridized carbons (Fsp3) is 0.238. The van der Waals surface area contributed by atoms with E-state index in [0.717, 1.165) is 11.3 Å². The Bertz CT molecular complexity index is 939. The number of esters is 2. The maximum atomic E-state index is 12.2. The summed E-state index contributed by atoms with van der Waals surface area (Å²) in [6.07, 6.45) is 0.508. The number of anilines is 1. The van der Waals surface area contributed by atoms with Gasteiger partial charge in [-0.3, -0.25) is 9.59 Å². The van der Waals surface area contributed by atoms with Crippen molar-refractivity contribution in [3.8, 4) is 5.75 Å². The molecule has 0 radical (unpaired) electrons. The van der Waals surface area contributed by atoms with Crippen LogP contribution in [0.4, 0.5) is 5.69 Å². The third-order valence-electron chi connectivity index (χ3n) is 4.16. The minimum Gasteiger partial charge on any atom is -0.497 e. The fourth-order valence-electron chi connectivity index (χ4n) is 2.55. The van der Waals surface area contributed by atoms with Gasteiger partial charge in [0, 0.05) is 6.54 Å². The van der Waals surface area contributed by atoms with Crippen molar-refractivity contribution >= 4 is 29.4 Å². The van der Waals surface area contributed by atoms with E-state index < -0.39 is 23.8 Å². The van der Waals surface area contributed by atoms with Gasteiger partial charge in [-0.05, 0) is 42.3 Å². The Kier molecular flexibility index (Phi) is 7.92. The van der Waals surface area contributed by atoms with E-state index in [1.807, 2.05) is 12.1 Å². The van der Waals surface area contributed by atoms with Gasteiger partial charge in [0.15, 0.2) is 0 Å². The highest BCUT2D eigenvalue weighted by Gasteiger charge is 2.20. The molecule has 0 aliphatic rings. The molecule has 9 heteroatoms. The predicted octanol–water partition coefficient (Wildman–Crippen LogP) is 1.57. The molecule has 0 saturated heterocycles. The maximum Gasteiger partial charge on any atom is 0.339 e. The topological polar surface area (TPSA) is 120 Å². The molecule has 2 aromatic carbocycles. The first-order valence-corrected chi connectivity index (χ1v) is 8.92. The van der Waals surface area contributed by atoms with Crippen molar-refractivity contribution in [2.75, 3.05) is 33.2 Å². The minimum atomic E-state index is -0.989. The van der Waals surface area contributed by atoms with Crippen LogP contribution in [0, 0.1) is 0 Å². The number of rotatable bonds is 7. The Morgan fingerprint density at radius 1 is 0.833 bits per heavy atom. The Labute approximate surface area is 173 Å². The summed E-state index contributed by atoms with van der Waals surface area (Å²) in [6, 6.07) is 11.2. The van der Waals surface area contributed by atoms with Crippen LogP contribution >= 0.6 is 0 Å². The lowest BCUT2D eigenvalue weighted by atomic mass is 10.1. The third kappa shape index (κ3) is 5.81. The van der Waals surface area contributed by atoms with E-state index in [9.17, 15) is 19.2 Å². The maximum absolute atomic E-state index is 12.2. The molecular weight excluding hydrogens is 392 g/mol. The largest absolute Gasteiger partial charge is 0.497 e. The van der Waals surface area contributed by atoms with Crippen LogP contribution in [0.2, 0.25) is 0 Å². The third-order valence-corrected chi connectivity index (χ3v) is 4.16. The zero-order valence-electron chi connectivity index (χ0n) is 16.8. The van der Waals surface area contributed by atoms with Crippen LogP contribution in [0.5, 0.6) is 5.75 Å². The number of amides is 2. The summed E-state index contributed by atoms with van der Waals surface area (Å²) in [5.41, 5.74) is 1.00. The molecule has 2 amide bonds. The van der Waals surface area contributed by atoms with Crippen LogP contribution in [-0.2, 0) is 25.5 Å². The summed E-state index contributed by atoms with van der Waals surface area (Å²) < 4.78 is 14.4. The molecule has 0 unspecified atom stereocenters. The van der Waals surface area contributed by atoms with Gasteiger partial charge in [0.25, 0.3) is 0 Å². The number of nitrogens with one attached hydrogen (secondary N) is 2. The minimum absolute atomic E-state index is 0.00969. The second-order valence-corrected chi connectivity index (χ2v) is 6.05. The highest BCUT2D eigenvalue weighted by Crippen LogP contribution is 2.20. The SMILES string of the molecule is COC(=O)c1ccc(C(=O)OC)c(NC(=O)C(=O)NCCc2ccc(OC)cc2)c1. The Hall–Kier alpha value is -3.88. The van der Waals surface area contributed by atoms with Crippen molar-refractivity contribution < 1.29 is 33.4 Å². The first-order valence-electron chi connectivity index (χ1n) is 8.92. The molecule has 0 fully saturated rings. The fourth-order valence-corrected chi connectivity index (χ4v) is 2.55. The van der Waals surface area contributed by atoms with Gasteiger partial charge in [-0.25, -0.2) is 9.59 Å². The molecule has 30 heavy (non-hydrogen) atoms. The van der Waals surface area contributed by atoms with E-state index in [1.165, 1.54) is 32.4 Å². The molecule has 0 bridgehead atoms. The van der Waals surface area contributed by atoms with E-state index in [2.05, 4.69) is 20.1 Å². The normalized spacial score (nSPS) is 9.97. The summed E-state index contributed by atoms with van der Waals surface area (Å²) in [6.45, 7) is 0.227. The Morgan fingerprint density at radius 3 is 2.10 bits per heavy atom. The number of carbonyl (C=O) groups is 4. The molecule has 0 aromatic heterocycles. The molecule has 0 aliphatic carbocycles. The van der Waals surface area contributed by atoms with E-state index in [-0.39, 0.29) is 23.4 Å². The van der Waals surface area contributed by atoms with Gasteiger partial charge in [-0.2, -0.15) is 0 Å². The van der Waals surface area contributed by atoms with Gasteiger partial charge in [0.1, 0.15) is 5.75 Å². The van der Waals surface area contributed by atoms with E-state index in [1.54, 1.807) is 19.2 Å². The van der Waals surface area contributed by atoms with Crippen LogP contribution < -0.4 is 15.4 Å². The van der Waals surface area contributed by atoms with Crippen molar-refractivity contribution in [1.82, 2.24) is 5.32 Å². The number of ether oxygens (including phenoxy) is 3. The summed E-state index contributed by atoms with van der Waals surface area (Å²) in [5, 5.41) is 4.83. The van der Waals surface area contributed by atoms with E-state index in [4.69, 9.17) is 4.74 Å². The van der Waals surface area contributed by atoms with Crippen LogP contribution in [0.25, 0.3) is 0 Å². The lowest BCUT2D eigenvalue weighted by Gasteiger charge is -2.11. The van der Waals surface area contributed by atoms with Gasteiger partial charge in [-0.1, -0.05) is 12.1 Å². The molecule has 0 atom stereocenters. The van der Waals surface area contributed by atoms with Crippen molar-refractivity contribution in [2.45, 2.75) is 6.42 Å². The molecule has 0 aliphatic heterocycles. The van der Waals surface area contributed by atoms with Crippen LogP contribution in [0.15, 0.2) is 42.5 Å². The summed E-state index contributed by atoms with van der Waals surface area (Å²) in [7, 11) is 3.94. The van der Waals surface area contributed by atoms with Crippen LogP contribution in [-0.4, -0.2) is 51.6 Å². The standard InChI is InChI=1S/C21H22N2O7/c1-28-15-7-4-13(5-8-15)10-11-22-18(24)19(25)23-17-12-14(20(26)29-2)6-9-16(17)21(27)30-3/h4-9,12H,10-11H2,1-3H3,(H,22,24)(H,23,25). The first kappa shape index (κ1) is 22.4. The quantitative estimate of drug-likeness (QED) is 0.521. The highest BCUT2D eigenvalue weighted by molar-refractivity contribution is 6.40. The van der Waals surface area contributed by atoms with Crippen molar-refractivity contribution in [3.63, 3.8) is 0 Å². The molecule has 0 saturated carbocycles. The molecule has 9 nitrogen and oxygen atoms in total. The zero-order chi connectivity index (χ0) is 22.1.